The van der Waals surface area contributed by atoms with Gasteiger partial charge in [-0.15, -0.1) is 0 Å². The molecule has 0 unspecified atom stereocenters. The van der Waals surface area contributed by atoms with Crippen LogP contribution >= 0.6 is 12.2 Å². The maximum absolute atomic E-state index is 12.5. The SMILES string of the molecule is CCOc1ccccc1C(=O)NC(=S)Nc1cccc(NC(=O)C2CC2)c1C. The first kappa shape index (κ1) is 19.8. The molecule has 0 aliphatic heterocycles. The Morgan fingerprint density at radius 2 is 1.75 bits per heavy atom. The molecular weight excluding hydrogens is 374 g/mol. The Hall–Kier alpha value is -2.93. The number of hydrogen-bond acceptors (Lipinski definition) is 4. The highest BCUT2D eigenvalue weighted by Crippen LogP contribution is 2.31. The predicted octanol–water partition coefficient (Wildman–Crippen LogP) is 3.87. The van der Waals surface area contributed by atoms with Crippen molar-refractivity contribution in [3.63, 3.8) is 0 Å². The van der Waals surface area contributed by atoms with Crippen molar-refractivity contribution in [3.05, 3.63) is 53.6 Å². The first-order valence-electron chi connectivity index (χ1n) is 9.24. The summed E-state index contributed by atoms with van der Waals surface area (Å²) in [7, 11) is 0. The molecule has 2 aromatic rings. The molecule has 0 spiro atoms. The molecule has 1 aliphatic rings. The molecule has 0 radical (unpaired) electrons. The van der Waals surface area contributed by atoms with Crippen LogP contribution < -0.4 is 20.7 Å². The van der Waals surface area contributed by atoms with Crippen LogP contribution in [-0.2, 0) is 4.79 Å². The number of anilines is 2. The van der Waals surface area contributed by atoms with E-state index in [2.05, 4.69) is 16.0 Å². The molecule has 28 heavy (non-hydrogen) atoms. The smallest absolute Gasteiger partial charge is 0.261 e. The van der Waals surface area contributed by atoms with Crippen LogP contribution in [0.25, 0.3) is 0 Å². The van der Waals surface area contributed by atoms with Crippen LogP contribution in [-0.4, -0.2) is 23.5 Å². The number of nitrogens with one attached hydrogen (secondary N) is 3. The summed E-state index contributed by atoms with van der Waals surface area (Å²) in [6, 6.07) is 12.5. The van der Waals surface area contributed by atoms with Crippen molar-refractivity contribution in [1.82, 2.24) is 5.32 Å². The standard InChI is InChI=1S/C21H23N3O3S/c1-3-27-18-10-5-4-7-15(18)20(26)24-21(28)23-17-9-6-8-16(13(17)2)22-19(25)14-11-12-14/h4-10,14H,3,11-12H2,1-2H3,(H,22,25)(H2,23,24,26,28). The van der Waals surface area contributed by atoms with Crippen LogP contribution in [0.2, 0.25) is 0 Å². The maximum atomic E-state index is 12.5. The van der Waals surface area contributed by atoms with Gasteiger partial charge in [-0.05, 0) is 68.7 Å². The molecule has 3 rings (SSSR count). The number of thiocarbonyl (C=S) groups is 1. The van der Waals surface area contributed by atoms with Gasteiger partial charge in [-0.25, -0.2) is 0 Å². The van der Waals surface area contributed by atoms with E-state index in [-0.39, 0.29) is 22.8 Å². The van der Waals surface area contributed by atoms with Crippen molar-refractivity contribution in [2.75, 3.05) is 17.2 Å². The molecule has 0 saturated heterocycles. The zero-order valence-electron chi connectivity index (χ0n) is 15.9. The summed E-state index contributed by atoms with van der Waals surface area (Å²) >= 11 is 5.29. The molecule has 6 nitrogen and oxygen atoms in total. The third-order valence-corrected chi connectivity index (χ3v) is 4.65. The molecule has 0 bridgehead atoms. The lowest BCUT2D eigenvalue weighted by Crippen LogP contribution is -2.34. The molecule has 3 N–H and O–H groups in total. The molecule has 1 saturated carbocycles. The fourth-order valence-electron chi connectivity index (χ4n) is 2.75. The topological polar surface area (TPSA) is 79.5 Å². The van der Waals surface area contributed by atoms with Gasteiger partial charge in [0.1, 0.15) is 5.75 Å². The zero-order chi connectivity index (χ0) is 20.1. The quantitative estimate of drug-likeness (QED) is 0.645. The van der Waals surface area contributed by atoms with Gasteiger partial charge >= 0.3 is 0 Å². The summed E-state index contributed by atoms with van der Waals surface area (Å²) in [6.45, 7) is 4.21. The van der Waals surface area contributed by atoms with Gasteiger partial charge in [0.05, 0.1) is 12.2 Å². The van der Waals surface area contributed by atoms with Gasteiger partial charge in [0.15, 0.2) is 5.11 Å². The Kier molecular flexibility index (Phi) is 6.26. The van der Waals surface area contributed by atoms with Crippen LogP contribution in [0.4, 0.5) is 11.4 Å². The average Bonchev–Trinajstić information content (AvgIpc) is 3.51. The van der Waals surface area contributed by atoms with Crippen LogP contribution in [0.15, 0.2) is 42.5 Å². The van der Waals surface area contributed by atoms with Crippen LogP contribution in [0.5, 0.6) is 5.75 Å². The van der Waals surface area contributed by atoms with E-state index in [1.807, 2.05) is 38.1 Å². The molecule has 0 aromatic heterocycles. The van der Waals surface area contributed by atoms with Crippen LogP contribution in [0, 0.1) is 12.8 Å². The lowest BCUT2D eigenvalue weighted by atomic mass is 10.1. The highest BCUT2D eigenvalue weighted by Gasteiger charge is 2.29. The second-order valence-electron chi connectivity index (χ2n) is 6.58. The van der Waals surface area contributed by atoms with E-state index < -0.39 is 0 Å². The van der Waals surface area contributed by atoms with Gasteiger partial charge in [0, 0.05) is 17.3 Å². The van der Waals surface area contributed by atoms with Crippen molar-refractivity contribution in [2.24, 2.45) is 5.92 Å². The molecule has 7 heteroatoms. The van der Waals surface area contributed by atoms with E-state index in [1.165, 1.54) is 0 Å². The fourth-order valence-corrected chi connectivity index (χ4v) is 2.95. The average molecular weight is 398 g/mol. The highest BCUT2D eigenvalue weighted by molar-refractivity contribution is 7.80. The minimum Gasteiger partial charge on any atom is -0.493 e. The summed E-state index contributed by atoms with van der Waals surface area (Å²) in [5.74, 6) is 0.328. The third kappa shape index (κ3) is 4.86. The summed E-state index contributed by atoms with van der Waals surface area (Å²) < 4.78 is 5.49. The van der Waals surface area contributed by atoms with Gasteiger partial charge in [-0.1, -0.05) is 18.2 Å². The predicted molar refractivity (Wildman–Crippen MR) is 114 cm³/mol. The lowest BCUT2D eigenvalue weighted by molar-refractivity contribution is -0.117. The van der Waals surface area contributed by atoms with Gasteiger partial charge < -0.3 is 15.4 Å². The minimum atomic E-state index is -0.350. The Morgan fingerprint density at radius 3 is 2.43 bits per heavy atom. The van der Waals surface area contributed by atoms with E-state index >= 15 is 0 Å². The number of hydrogen-bond donors (Lipinski definition) is 3. The zero-order valence-corrected chi connectivity index (χ0v) is 16.7. The molecule has 1 aliphatic carbocycles. The molecule has 146 valence electrons. The molecule has 1 fully saturated rings. The van der Waals surface area contributed by atoms with Gasteiger partial charge in [0.25, 0.3) is 5.91 Å². The van der Waals surface area contributed by atoms with Crippen molar-refractivity contribution < 1.29 is 14.3 Å². The number of amides is 2. The first-order valence-corrected chi connectivity index (χ1v) is 9.65. The van der Waals surface area contributed by atoms with Crippen molar-refractivity contribution in [3.8, 4) is 5.75 Å². The van der Waals surface area contributed by atoms with E-state index in [0.717, 1.165) is 29.8 Å². The van der Waals surface area contributed by atoms with E-state index in [1.54, 1.807) is 18.2 Å². The number of benzene rings is 2. The third-order valence-electron chi connectivity index (χ3n) is 4.45. The summed E-state index contributed by atoms with van der Waals surface area (Å²) in [4.78, 5) is 24.6. The summed E-state index contributed by atoms with van der Waals surface area (Å²) in [5.41, 5.74) is 2.72. The minimum absolute atomic E-state index is 0.0451. The molecule has 0 heterocycles. The number of para-hydroxylation sites is 1. The Balaban J connectivity index is 1.66. The fraction of sp³-hybridized carbons (Fsp3) is 0.286. The number of rotatable bonds is 6. The monoisotopic (exact) mass is 397 g/mol. The van der Waals surface area contributed by atoms with Gasteiger partial charge in [-0.2, -0.15) is 0 Å². The summed E-state index contributed by atoms with van der Waals surface area (Å²) in [5, 5.41) is 8.82. The molecular formula is C21H23N3O3S. The van der Waals surface area contributed by atoms with Gasteiger partial charge in [-0.3, -0.25) is 14.9 Å². The maximum Gasteiger partial charge on any atom is 0.261 e. The van der Waals surface area contributed by atoms with Crippen molar-refractivity contribution in [2.45, 2.75) is 26.7 Å². The number of ether oxygens (including phenoxy) is 1. The largest absolute Gasteiger partial charge is 0.493 e. The summed E-state index contributed by atoms with van der Waals surface area (Å²) in [6.07, 6.45) is 1.89. The van der Waals surface area contributed by atoms with Gasteiger partial charge in [0.2, 0.25) is 5.91 Å². The van der Waals surface area contributed by atoms with E-state index in [4.69, 9.17) is 17.0 Å². The number of carbonyl (C=O) groups is 2. The molecule has 0 atom stereocenters. The van der Waals surface area contributed by atoms with E-state index in [0.29, 0.717) is 17.9 Å². The first-order chi connectivity index (χ1) is 13.5. The second kappa shape index (κ2) is 8.84. The second-order valence-corrected chi connectivity index (χ2v) is 6.99. The molecule has 2 amide bonds. The van der Waals surface area contributed by atoms with Crippen molar-refractivity contribution >= 4 is 40.5 Å². The number of carbonyl (C=O) groups excluding carboxylic acids is 2. The Morgan fingerprint density at radius 1 is 1.07 bits per heavy atom. The Labute approximate surface area is 169 Å². The van der Waals surface area contributed by atoms with Crippen molar-refractivity contribution in [1.29, 1.82) is 0 Å². The normalized spacial score (nSPS) is 12.8. The lowest BCUT2D eigenvalue weighted by Gasteiger charge is -2.16. The van der Waals surface area contributed by atoms with Crippen LogP contribution in [0.1, 0.15) is 35.7 Å². The molecule has 2 aromatic carbocycles. The Bertz CT molecular complexity index is 910. The van der Waals surface area contributed by atoms with E-state index in [9.17, 15) is 9.59 Å². The van der Waals surface area contributed by atoms with Crippen LogP contribution in [0.3, 0.4) is 0 Å². The highest BCUT2D eigenvalue weighted by atomic mass is 32.1.